The van der Waals surface area contributed by atoms with Crippen molar-refractivity contribution in [3.8, 4) is 17.2 Å². The van der Waals surface area contributed by atoms with Crippen LogP contribution in [0.5, 0.6) is 17.2 Å². The Bertz CT molecular complexity index is 1630. The molecule has 6 rings (SSSR count). The highest BCUT2D eigenvalue weighted by atomic mass is 16.5. The van der Waals surface area contributed by atoms with Crippen molar-refractivity contribution in [3.63, 3.8) is 0 Å². The second kappa shape index (κ2) is 10.3. The number of carbonyl (C=O) groups excluding carboxylic acids is 2. The van der Waals surface area contributed by atoms with Crippen molar-refractivity contribution in [1.82, 2.24) is 0 Å². The smallest absolute Gasteiger partial charge is 0.300 e. The topological polar surface area (TPSA) is 79.3 Å². The highest BCUT2D eigenvalue weighted by Gasteiger charge is 2.47. The molecular formula is C33H28N2O5. The van der Waals surface area contributed by atoms with E-state index in [1.807, 2.05) is 73.5 Å². The first-order valence-electron chi connectivity index (χ1n) is 13.1. The molecular weight excluding hydrogens is 504 g/mol. The minimum absolute atomic E-state index is 0.0412. The first kappa shape index (κ1) is 25.2. The SMILES string of the molecule is Cc1cccc(C2/C(=C(/O)c3ccc4c(c3)N(C)CCO4)C(=O)C(=O)N2c2ccc(Oc3ccccc3)cc2)c1. The number of Topliss-reactive ketones (excluding diaryl/α,β-unsaturated/α-hetero) is 1. The van der Waals surface area contributed by atoms with Crippen molar-refractivity contribution in [3.05, 3.63) is 119 Å². The third-order valence-electron chi connectivity index (χ3n) is 7.22. The summed E-state index contributed by atoms with van der Waals surface area (Å²) in [6.07, 6.45) is 0. The molecule has 7 nitrogen and oxygen atoms in total. The molecule has 200 valence electrons. The summed E-state index contributed by atoms with van der Waals surface area (Å²) in [6, 6.07) is 28.5. The average Bonchev–Trinajstić information content (AvgIpc) is 3.24. The van der Waals surface area contributed by atoms with Gasteiger partial charge in [-0.2, -0.15) is 0 Å². The molecule has 0 saturated carbocycles. The number of hydrogen-bond acceptors (Lipinski definition) is 6. The van der Waals surface area contributed by atoms with E-state index < -0.39 is 17.7 Å². The number of fused-ring (bicyclic) bond motifs is 1. The first-order chi connectivity index (χ1) is 19.4. The summed E-state index contributed by atoms with van der Waals surface area (Å²) < 4.78 is 11.6. The Labute approximate surface area is 232 Å². The number of hydrogen-bond donors (Lipinski definition) is 1. The Morgan fingerprint density at radius 2 is 1.65 bits per heavy atom. The second-order valence-corrected chi connectivity index (χ2v) is 9.94. The predicted octanol–water partition coefficient (Wildman–Crippen LogP) is 6.24. The molecule has 2 aliphatic heterocycles. The van der Waals surface area contributed by atoms with Crippen molar-refractivity contribution < 1.29 is 24.2 Å². The van der Waals surface area contributed by atoms with Crippen molar-refractivity contribution in [2.75, 3.05) is 30.0 Å². The van der Waals surface area contributed by atoms with Gasteiger partial charge in [0, 0.05) is 18.3 Å². The van der Waals surface area contributed by atoms with E-state index in [1.54, 1.807) is 42.5 Å². The highest BCUT2D eigenvalue weighted by molar-refractivity contribution is 6.51. The Hall–Kier alpha value is -5.04. The van der Waals surface area contributed by atoms with Gasteiger partial charge in [-0.3, -0.25) is 14.5 Å². The molecule has 0 aliphatic carbocycles. The van der Waals surface area contributed by atoms with E-state index in [-0.39, 0.29) is 11.3 Å². The van der Waals surface area contributed by atoms with Gasteiger partial charge in [-0.05, 0) is 67.1 Å². The number of rotatable bonds is 5. The molecule has 1 amide bonds. The molecule has 2 heterocycles. The van der Waals surface area contributed by atoms with Gasteiger partial charge in [0.2, 0.25) is 0 Å². The molecule has 4 aromatic rings. The molecule has 1 N–H and O–H groups in total. The number of aryl methyl sites for hydroxylation is 1. The zero-order valence-corrected chi connectivity index (χ0v) is 22.2. The van der Waals surface area contributed by atoms with Crippen LogP contribution in [0.2, 0.25) is 0 Å². The second-order valence-electron chi connectivity index (χ2n) is 9.94. The van der Waals surface area contributed by atoms with Crippen LogP contribution in [-0.4, -0.2) is 37.0 Å². The summed E-state index contributed by atoms with van der Waals surface area (Å²) in [7, 11) is 1.95. The van der Waals surface area contributed by atoms with Crippen LogP contribution in [0.4, 0.5) is 11.4 Å². The fourth-order valence-electron chi connectivity index (χ4n) is 5.21. The Morgan fingerprint density at radius 3 is 2.40 bits per heavy atom. The summed E-state index contributed by atoms with van der Waals surface area (Å²) in [5.74, 6) is 0.326. The normalized spacial score (nSPS) is 17.9. The number of aliphatic hydroxyl groups is 1. The van der Waals surface area contributed by atoms with E-state index in [4.69, 9.17) is 9.47 Å². The Kier molecular flexibility index (Phi) is 6.48. The van der Waals surface area contributed by atoms with Gasteiger partial charge in [0.25, 0.3) is 11.7 Å². The fourth-order valence-corrected chi connectivity index (χ4v) is 5.21. The number of carbonyl (C=O) groups is 2. The van der Waals surface area contributed by atoms with Gasteiger partial charge in [0.15, 0.2) is 0 Å². The van der Waals surface area contributed by atoms with Gasteiger partial charge in [-0.1, -0.05) is 48.0 Å². The van der Waals surface area contributed by atoms with E-state index in [0.29, 0.717) is 41.7 Å². The number of aliphatic hydroxyl groups excluding tert-OH is 1. The maximum Gasteiger partial charge on any atom is 0.300 e. The summed E-state index contributed by atoms with van der Waals surface area (Å²) in [6.45, 7) is 3.22. The number of likely N-dealkylation sites (N-methyl/N-ethyl adjacent to an activating group) is 1. The number of benzene rings is 4. The maximum atomic E-state index is 13.6. The maximum absolute atomic E-state index is 13.6. The first-order valence-corrected chi connectivity index (χ1v) is 13.1. The fraction of sp³-hybridized carbons (Fsp3) is 0.152. The van der Waals surface area contributed by atoms with Crippen molar-refractivity contribution >= 4 is 28.8 Å². The molecule has 1 unspecified atom stereocenters. The lowest BCUT2D eigenvalue weighted by Crippen LogP contribution is -2.29. The van der Waals surface area contributed by atoms with E-state index in [0.717, 1.165) is 16.8 Å². The Balaban J connectivity index is 1.44. The minimum Gasteiger partial charge on any atom is -0.507 e. The number of para-hydroxylation sites is 1. The molecule has 1 fully saturated rings. The molecule has 1 atom stereocenters. The third kappa shape index (κ3) is 4.56. The van der Waals surface area contributed by atoms with Crippen molar-refractivity contribution in [2.45, 2.75) is 13.0 Å². The largest absolute Gasteiger partial charge is 0.507 e. The zero-order valence-electron chi connectivity index (χ0n) is 22.2. The van der Waals surface area contributed by atoms with Gasteiger partial charge in [0.05, 0.1) is 23.8 Å². The molecule has 0 radical (unpaired) electrons. The lowest BCUT2D eigenvalue weighted by atomic mass is 9.94. The van der Waals surface area contributed by atoms with E-state index >= 15 is 0 Å². The summed E-state index contributed by atoms with van der Waals surface area (Å²) >= 11 is 0. The van der Waals surface area contributed by atoms with Crippen LogP contribution in [0.15, 0.2) is 103 Å². The number of nitrogens with zero attached hydrogens (tertiary/aromatic N) is 2. The summed E-state index contributed by atoms with van der Waals surface area (Å²) in [5, 5.41) is 11.6. The van der Waals surface area contributed by atoms with Crippen molar-refractivity contribution in [1.29, 1.82) is 0 Å². The van der Waals surface area contributed by atoms with Crippen LogP contribution in [0.25, 0.3) is 5.76 Å². The van der Waals surface area contributed by atoms with Crippen LogP contribution >= 0.6 is 0 Å². The molecule has 4 aromatic carbocycles. The van der Waals surface area contributed by atoms with E-state index in [2.05, 4.69) is 0 Å². The number of anilines is 2. The summed E-state index contributed by atoms with van der Waals surface area (Å²) in [4.78, 5) is 30.6. The van der Waals surface area contributed by atoms with Gasteiger partial charge in [-0.25, -0.2) is 0 Å². The van der Waals surface area contributed by atoms with Gasteiger partial charge < -0.3 is 19.5 Å². The quantitative estimate of drug-likeness (QED) is 0.186. The van der Waals surface area contributed by atoms with Crippen LogP contribution < -0.4 is 19.3 Å². The molecule has 2 aliphatic rings. The number of amides is 1. The monoisotopic (exact) mass is 532 g/mol. The number of ketones is 1. The third-order valence-corrected chi connectivity index (χ3v) is 7.22. The standard InChI is InChI=1S/C33H28N2O5/c1-21-7-6-8-22(19-21)30-29(31(36)23-11-16-28-27(20-23)34(2)17-18-39-28)32(37)33(38)35(30)24-12-14-26(15-13-24)40-25-9-4-3-5-10-25/h3-16,19-20,30,36H,17-18H2,1-2H3/b31-29-. The van der Waals surface area contributed by atoms with Crippen LogP contribution in [0.1, 0.15) is 22.7 Å². The molecule has 0 bridgehead atoms. The molecule has 0 spiro atoms. The van der Waals surface area contributed by atoms with E-state index in [9.17, 15) is 14.7 Å². The minimum atomic E-state index is -0.814. The van der Waals surface area contributed by atoms with E-state index in [1.165, 1.54) is 4.90 Å². The average molecular weight is 533 g/mol. The Morgan fingerprint density at radius 1 is 0.900 bits per heavy atom. The lowest BCUT2D eigenvalue weighted by molar-refractivity contribution is -0.132. The highest BCUT2D eigenvalue weighted by Crippen LogP contribution is 2.44. The van der Waals surface area contributed by atoms with Crippen LogP contribution in [0, 0.1) is 6.92 Å². The van der Waals surface area contributed by atoms with Gasteiger partial charge in [0.1, 0.15) is 29.6 Å². The zero-order chi connectivity index (χ0) is 27.8. The summed E-state index contributed by atoms with van der Waals surface area (Å²) in [5.41, 5.74) is 3.52. The van der Waals surface area contributed by atoms with Crippen LogP contribution in [-0.2, 0) is 9.59 Å². The van der Waals surface area contributed by atoms with Crippen LogP contribution in [0.3, 0.4) is 0 Å². The molecule has 0 aromatic heterocycles. The predicted molar refractivity (Wildman–Crippen MR) is 154 cm³/mol. The molecule has 40 heavy (non-hydrogen) atoms. The van der Waals surface area contributed by atoms with Crippen molar-refractivity contribution in [2.24, 2.45) is 0 Å². The number of ether oxygens (including phenoxy) is 2. The lowest BCUT2D eigenvalue weighted by Gasteiger charge is -2.28. The van der Waals surface area contributed by atoms with Gasteiger partial charge >= 0.3 is 0 Å². The van der Waals surface area contributed by atoms with Gasteiger partial charge in [-0.15, -0.1) is 0 Å². The molecule has 7 heteroatoms. The molecule has 1 saturated heterocycles.